The van der Waals surface area contributed by atoms with E-state index in [9.17, 15) is 15.0 Å². The van der Waals surface area contributed by atoms with E-state index in [4.69, 9.17) is 4.74 Å². The lowest BCUT2D eigenvalue weighted by Crippen LogP contribution is -2.37. The maximum Gasteiger partial charge on any atom is 0.244 e. The molecule has 29 heavy (non-hydrogen) atoms. The molecule has 0 atom stereocenters. The lowest BCUT2D eigenvalue weighted by molar-refractivity contribution is -0.118. The second-order valence-electron chi connectivity index (χ2n) is 6.95. The fourth-order valence-electron chi connectivity index (χ4n) is 4.10. The van der Waals surface area contributed by atoms with Crippen molar-refractivity contribution in [3.05, 3.63) is 81.3 Å². The highest BCUT2D eigenvalue weighted by Crippen LogP contribution is 2.52. The van der Waals surface area contributed by atoms with Crippen LogP contribution in [0.2, 0.25) is 0 Å². The zero-order chi connectivity index (χ0) is 20.8. The van der Waals surface area contributed by atoms with E-state index in [1.807, 2.05) is 13.0 Å². The van der Waals surface area contributed by atoms with Crippen LogP contribution in [0.3, 0.4) is 0 Å². The van der Waals surface area contributed by atoms with Gasteiger partial charge in [0, 0.05) is 5.56 Å². The Morgan fingerprint density at radius 1 is 1.00 bits per heavy atom. The molecule has 1 amide bonds. The molecule has 0 spiro atoms. The highest BCUT2D eigenvalue weighted by molar-refractivity contribution is 9.10. The van der Waals surface area contributed by atoms with Gasteiger partial charge in [-0.25, -0.2) is 0 Å². The number of carbonyl (C=O) groups excluding carboxylic acids is 1. The van der Waals surface area contributed by atoms with Crippen LogP contribution in [0.25, 0.3) is 0 Å². The van der Waals surface area contributed by atoms with Gasteiger partial charge in [0.15, 0.2) is 0 Å². The minimum atomic E-state index is -1.14. The van der Waals surface area contributed by atoms with Crippen molar-refractivity contribution in [1.29, 1.82) is 0 Å². The van der Waals surface area contributed by atoms with Gasteiger partial charge >= 0.3 is 0 Å². The van der Waals surface area contributed by atoms with Gasteiger partial charge in [0.25, 0.3) is 0 Å². The number of phenolic OH excluding ortho intramolecular Hbond substituents is 2. The molecule has 0 fully saturated rings. The summed E-state index contributed by atoms with van der Waals surface area (Å²) in [7, 11) is 1.60. The summed E-state index contributed by atoms with van der Waals surface area (Å²) in [5.41, 5.74) is 2.76. The topological polar surface area (TPSA) is 78.8 Å². The number of benzene rings is 3. The van der Waals surface area contributed by atoms with E-state index in [2.05, 4.69) is 21.2 Å². The average molecular weight is 454 g/mol. The number of phenols is 2. The molecule has 1 aliphatic heterocycles. The largest absolute Gasteiger partial charge is 0.508 e. The number of carbonyl (C=O) groups is 1. The lowest BCUT2D eigenvalue weighted by atomic mass is 9.70. The van der Waals surface area contributed by atoms with Crippen LogP contribution in [0.5, 0.6) is 17.2 Å². The number of anilines is 1. The monoisotopic (exact) mass is 453 g/mol. The number of rotatable bonds is 4. The van der Waals surface area contributed by atoms with Crippen molar-refractivity contribution < 1.29 is 19.7 Å². The van der Waals surface area contributed by atoms with Crippen LogP contribution in [0.4, 0.5) is 5.69 Å². The Morgan fingerprint density at radius 2 is 1.52 bits per heavy atom. The van der Waals surface area contributed by atoms with Crippen molar-refractivity contribution in [2.75, 3.05) is 12.4 Å². The smallest absolute Gasteiger partial charge is 0.244 e. The molecule has 4 rings (SSSR count). The van der Waals surface area contributed by atoms with Gasteiger partial charge in [0.05, 0.1) is 17.3 Å². The highest BCUT2D eigenvalue weighted by atomic mass is 79.9. The molecule has 0 bridgehead atoms. The highest BCUT2D eigenvalue weighted by Gasteiger charge is 2.51. The summed E-state index contributed by atoms with van der Waals surface area (Å²) < 4.78 is 6.40. The third-order valence-corrected chi connectivity index (χ3v) is 6.35. The number of hydrogen-bond donors (Lipinski definition) is 3. The van der Waals surface area contributed by atoms with E-state index >= 15 is 0 Å². The van der Waals surface area contributed by atoms with Crippen LogP contribution in [0.1, 0.15) is 29.2 Å². The summed E-state index contributed by atoms with van der Waals surface area (Å²) in [6.07, 6.45) is 0.696. The minimum Gasteiger partial charge on any atom is -0.508 e. The summed E-state index contributed by atoms with van der Waals surface area (Å²) in [6.45, 7) is 2.02. The third-order valence-electron chi connectivity index (χ3n) is 5.49. The van der Waals surface area contributed by atoms with E-state index in [1.54, 1.807) is 55.6 Å². The lowest BCUT2D eigenvalue weighted by Gasteiger charge is -2.29. The first-order valence-electron chi connectivity index (χ1n) is 9.23. The second-order valence-corrected chi connectivity index (χ2v) is 7.74. The van der Waals surface area contributed by atoms with Crippen molar-refractivity contribution in [1.82, 2.24) is 0 Å². The van der Waals surface area contributed by atoms with Crippen LogP contribution in [-0.4, -0.2) is 23.2 Å². The standard InChI is InChI=1S/C23H20BrNO4/c1-3-17-20(24)19(29-2)12-18-21(17)25-22(28)23(18,13-4-8-15(26)9-5-13)14-6-10-16(27)11-7-14/h4-12,26-27H,3H2,1-2H3,(H,25,28). The number of aromatic hydroxyl groups is 2. The van der Waals surface area contributed by atoms with Gasteiger partial charge in [0.1, 0.15) is 22.7 Å². The Labute approximate surface area is 177 Å². The molecule has 0 radical (unpaired) electrons. The van der Waals surface area contributed by atoms with E-state index in [1.165, 1.54) is 0 Å². The van der Waals surface area contributed by atoms with Gasteiger partial charge in [0.2, 0.25) is 5.91 Å². The first-order chi connectivity index (χ1) is 13.9. The molecule has 1 aliphatic rings. The molecule has 1 heterocycles. The maximum absolute atomic E-state index is 13.6. The first-order valence-corrected chi connectivity index (χ1v) is 10.0. The molecule has 3 aromatic carbocycles. The fraction of sp³-hybridized carbons (Fsp3) is 0.174. The SMILES string of the molecule is CCc1c(Br)c(OC)cc2c1NC(=O)C2(c1ccc(O)cc1)c1ccc(O)cc1. The quantitative estimate of drug-likeness (QED) is 0.533. The van der Waals surface area contributed by atoms with Gasteiger partial charge < -0.3 is 20.3 Å². The number of amides is 1. The van der Waals surface area contributed by atoms with Crippen LogP contribution in [-0.2, 0) is 16.6 Å². The van der Waals surface area contributed by atoms with Gasteiger partial charge in [-0.2, -0.15) is 0 Å². The minimum absolute atomic E-state index is 0.121. The molecule has 3 N–H and O–H groups in total. The predicted octanol–water partition coefficient (Wildman–Crippen LogP) is 4.72. The number of ether oxygens (including phenoxy) is 1. The molecular formula is C23H20BrNO4. The number of nitrogens with one attached hydrogen (secondary N) is 1. The molecular weight excluding hydrogens is 434 g/mol. The van der Waals surface area contributed by atoms with Crippen molar-refractivity contribution in [3.63, 3.8) is 0 Å². The predicted molar refractivity (Wildman–Crippen MR) is 115 cm³/mol. The number of fused-ring (bicyclic) bond motifs is 1. The second kappa shape index (κ2) is 7.12. The Bertz CT molecular complexity index is 1050. The Morgan fingerprint density at radius 3 is 1.97 bits per heavy atom. The average Bonchev–Trinajstić information content (AvgIpc) is 3.01. The van der Waals surface area contributed by atoms with E-state index in [-0.39, 0.29) is 17.4 Å². The van der Waals surface area contributed by atoms with Crippen LogP contribution in [0, 0.1) is 0 Å². The Hall–Kier alpha value is -2.99. The molecule has 0 aromatic heterocycles. The number of methoxy groups -OCH3 is 1. The molecule has 6 heteroatoms. The number of halogens is 1. The summed E-state index contributed by atoms with van der Waals surface area (Å²) in [5.74, 6) is 0.685. The van der Waals surface area contributed by atoms with Gasteiger partial charge in [-0.05, 0) is 69.4 Å². The van der Waals surface area contributed by atoms with Crippen molar-refractivity contribution in [3.8, 4) is 17.2 Å². The van der Waals surface area contributed by atoms with Crippen molar-refractivity contribution in [2.24, 2.45) is 0 Å². The van der Waals surface area contributed by atoms with E-state index in [0.717, 1.165) is 21.3 Å². The normalized spacial score (nSPS) is 14.4. The number of hydrogen-bond acceptors (Lipinski definition) is 4. The molecule has 0 saturated heterocycles. The third kappa shape index (κ3) is 2.78. The molecule has 148 valence electrons. The zero-order valence-electron chi connectivity index (χ0n) is 16.0. The molecule has 3 aromatic rings. The maximum atomic E-state index is 13.6. The van der Waals surface area contributed by atoms with E-state index in [0.29, 0.717) is 23.3 Å². The van der Waals surface area contributed by atoms with Crippen molar-refractivity contribution >= 4 is 27.5 Å². The zero-order valence-corrected chi connectivity index (χ0v) is 17.6. The summed E-state index contributed by atoms with van der Waals surface area (Å²) >= 11 is 3.60. The van der Waals surface area contributed by atoms with Crippen LogP contribution in [0.15, 0.2) is 59.1 Å². The molecule has 0 unspecified atom stereocenters. The van der Waals surface area contributed by atoms with Gasteiger partial charge in [-0.15, -0.1) is 0 Å². The molecule has 0 aliphatic carbocycles. The fourth-order valence-corrected chi connectivity index (χ4v) is 4.85. The van der Waals surface area contributed by atoms with Crippen molar-refractivity contribution in [2.45, 2.75) is 18.8 Å². The van der Waals surface area contributed by atoms with E-state index < -0.39 is 5.41 Å². The van der Waals surface area contributed by atoms with Crippen LogP contribution >= 0.6 is 15.9 Å². The van der Waals surface area contributed by atoms with Gasteiger partial charge in [-0.3, -0.25) is 4.79 Å². The first kappa shape index (κ1) is 19.3. The van der Waals surface area contributed by atoms with Gasteiger partial charge in [-0.1, -0.05) is 31.2 Å². The van der Waals surface area contributed by atoms with Crippen LogP contribution < -0.4 is 10.1 Å². The summed E-state index contributed by atoms with van der Waals surface area (Å²) in [5, 5.41) is 22.7. The Balaban J connectivity index is 2.12. The summed E-state index contributed by atoms with van der Waals surface area (Å²) in [6, 6.07) is 15.1. The summed E-state index contributed by atoms with van der Waals surface area (Å²) in [4.78, 5) is 13.6. The Kier molecular flexibility index (Phi) is 4.74. The molecule has 0 saturated carbocycles. The molecule has 5 nitrogen and oxygen atoms in total.